The fourth-order valence-corrected chi connectivity index (χ4v) is 3.62. The maximum Gasteiger partial charge on any atom is 0.255 e. The molecule has 3 aromatic rings. The smallest absolute Gasteiger partial charge is 0.255 e. The number of hydrogen-bond acceptors (Lipinski definition) is 5. The summed E-state index contributed by atoms with van der Waals surface area (Å²) in [4.78, 5) is 20.5. The summed E-state index contributed by atoms with van der Waals surface area (Å²) in [5.41, 5.74) is 1.42. The van der Waals surface area contributed by atoms with Crippen molar-refractivity contribution in [3.05, 3.63) is 84.4 Å². The van der Waals surface area contributed by atoms with Crippen LogP contribution in [0.5, 0.6) is 0 Å². The van der Waals surface area contributed by atoms with E-state index in [9.17, 15) is 13.2 Å². The number of nitrogens with zero attached hydrogens (tertiary/aromatic N) is 3. The average Bonchev–Trinajstić information content (AvgIpc) is 2.69. The highest BCUT2D eigenvalue weighted by Crippen LogP contribution is 2.18. The van der Waals surface area contributed by atoms with Crippen molar-refractivity contribution in [3.63, 3.8) is 0 Å². The molecular weight excluding hydrogens is 364 g/mol. The number of hydrogen-bond donors (Lipinski definition) is 1. The number of sulfonamides is 1. The van der Waals surface area contributed by atoms with Crippen LogP contribution < -0.4 is 5.32 Å². The van der Waals surface area contributed by atoms with Crippen LogP contribution in [0.25, 0.3) is 0 Å². The minimum absolute atomic E-state index is 0.0367. The molecule has 0 bridgehead atoms. The van der Waals surface area contributed by atoms with Gasteiger partial charge in [0.2, 0.25) is 10.0 Å². The predicted molar refractivity (Wildman–Crippen MR) is 102 cm³/mol. The first-order chi connectivity index (χ1) is 13.0. The fourth-order valence-electron chi connectivity index (χ4n) is 2.43. The van der Waals surface area contributed by atoms with Gasteiger partial charge >= 0.3 is 0 Å². The van der Waals surface area contributed by atoms with Crippen LogP contribution in [-0.2, 0) is 16.6 Å². The monoisotopic (exact) mass is 382 g/mol. The molecule has 1 amide bonds. The maximum atomic E-state index is 12.8. The summed E-state index contributed by atoms with van der Waals surface area (Å²) >= 11 is 0. The SMILES string of the molecule is CN(Cc1cnccn1)S(=O)(=O)c1cccc(C(=O)Nc2ccccc2)c1. The van der Waals surface area contributed by atoms with Gasteiger partial charge in [0.05, 0.1) is 17.1 Å². The van der Waals surface area contributed by atoms with Gasteiger partial charge in [0, 0.05) is 36.9 Å². The lowest BCUT2D eigenvalue weighted by molar-refractivity contribution is 0.102. The molecule has 3 rings (SSSR count). The van der Waals surface area contributed by atoms with Gasteiger partial charge in [-0.15, -0.1) is 0 Å². The fraction of sp³-hybridized carbons (Fsp3) is 0.105. The second-order valence-corrected chi connectivity index (χ2v) is 7.85. The van der Waals surface area contributed by atoms with E-state index in [1.54, 1.807) is 36.4 Å². The molecule has 0 saturated carbocycles. The first-order valence-corrected chi connectivity index (χ1v) is 9.58. The van der Waals surface area contributed by atoms with Crippen molar-refractivity contribution in [1.29, 1.82) is 0 Å². The first kappa shape index (κ1) is 18.7. The van der Waals surface area contributed by atoms with Gasteiger partial charge in [0.1, 0.15) is 0 Å². The highest BCUT2D eigenvalue weighted by molar-refractivity contribution is 7.89. The molecule has 0 atom stereocenters. The van der Waals surface area contributed by atoms with E-state index >= 15 is 0 Å². The number of carbonyl (C=O) groups is 1. The Morgan fingerprint density at radius 3 is 2.56 bits per heavy atom. The first-order valence-electron chi connectivity index (χ1n) is 8.14. The molecule has 0 unspecified atom stereocenters. The lowest BCUT2D eigenvalue weighted by Crippen LogP contribution is -2.27. The van der Waals surface area contributed by atoms with E-state index in [4.69, 9.17) is 0 Å². The van der Waals surface area contributed by atoms with Gasteiger partial charge in [-0.25, -0.2) is 8.42 Å². The lowest BCUT2D eigenvalue weighted by atomic mass is 10.2. The number of nitrogens with one attached hydrogen (secondary N) is 1. The second kappa shape index (κ2) is 8.07. The van der Waals surface area contributed by atoms with Crippen LogP contribution in [0.4, 0.5) is 5.69 Å². The van der Waals surface area contributed by atoms with Crippen LogP contribution in [0, 0.1) is 0 Å². The minimum atomic E-state index is -3.78. The molecule has 2 aromatic carbocycles. The van der Waals surface area contributed by atoms with Crippen molar-refractivity contribution in [2.45, 2.75) is 11.4 Å². The molecule has 0 aliphatic carbocycles. The molecule has 0 fully saturated rings. The molecule has 0 saturated heterocycles. The maximum absolute atomic E-state index is 12.8. The zero-order chi connectivity index (χ0) is 19.3. The van der Waals surface area contributed by atoms with E-state index in [1.807, 2.05) is 6.07 Å². The Balaban J connectivity index is 1.80. The standard InChI is InChI=1S/C19H18N4O3S/c1-23(14-17-13-20-10-11-21-17)27(25,26)18-9-5-6-15(12-18)19(24)22-16-7-3-2-4-8-16/h2-13H,14H2,1H3,(H,22,24). The summed E-state index contributed by atoms with van der Waals surface area (Å²) in [5, 5.41) is 2.74. The summed E-state index contributed by atoms with van der Waals surface area (Å²) in [5.74, 6) is -0.380. The summed E-state index contributed by atoms with van der Waals surface area (Å²) in [6, 6.07) is 14.9. The Labute approximate surface area is 157 Å². The van der Waals surface area contributed by atoms with Gasteiger partial charge in [-0.1, -0.05) is 24.3 Å². The number of benzene rings is 2. The van der Waals surface area contributed by atoms with Gasteiger partial charge in [-0.05, 0) is 30.3 Å². The summed E-state index contributed by atoms with van der Waals surface area (Å²) in [6.45, 7) is 0.0800. The zero-order valence-corrected chi connectivity index (χ0v) is 15.4. The zero-order valence-electron chi connectivity index (χ0n) is 14.6. The number of aromatic nitrogens is 2. The van der Waals surface area contributed by atoms with E-state index in [2.05, 4.69) is 15.3 Å². The number of para-hydroxylation sites is 1. The third kappa shape index (κ3) is 4.55. The molecule has 27 heavy (non-hydrogen) atoms. The van der Waals surface area contributed by atoms with Crippen molar-refractivity contribution >= 4 is 21.6 Å². The van der Waals surface area contributed by atoms with E-state index < -0.39 is 10.0 Å². The minimum Gasteiger partial charge on any atom is -0.322 e. The van der Waals surface area contributed by atoms with Crippen molar-refractivity contribution in [2.75, 3.05) is 12.4 Å². The van der Waals surface area contributed by atoms with Gasteiger partial charge in [-0.2, -0.15) is 4.31 Å². The van der Waals surface area contributed by atoms with Crippen LogP contribution in [-0.4, -0.2) is 35.6 Å². The molecule has 8 heteroatoms. The topological polar surface area (TPSA) is 92.3 Å². The number of amides is 1. The highest BCUT2D eigenvalue weighted by Gasteiger charge is 2.22. The third-order valence-corrected chi connectivity index (χ3v) is 5.64. The molecule has 0 aliphatic rings. The predicted octanol–water partition coefficient (Wildman–Crippen LogP) is 2.55. The van der Waals surface area contributed by atoms with Crippen LogP contribution >= 0.6 is 0 Å². The Bertz CT molecular complexity index is 1030. The Kier molecular flexibility index (Phi) is 5.58. The van der Waals surface area contributed by atoms with Crippen molar-refractivity contribution in [1.82, 2.24) is 14.3 Å². The van der Waals surface area contributed by atoms with Gasteiger partial charge < -0.3 is 5.32 Å². The van der Waals surface area contributed by atoms with E-state index in [0.29, 0.717) is 11.4 Å². The van der Waals surface area contributed by atoms with E-state index in [0.717, 1.165) is 0 Å². The average molecular weight is 382 g/mol. The quantitative estimate of drug-likeness (QED) is 0.707. The van der Waals surface area contributed by atoms with Crippen molar-refractivity contribution < 1.29 is 13.2 Å². The highest BCUT2D eigenvalue weighted by atomic mass is 32.2. The van der Waals surface area contributed by atoms with Crippen molar-refractivity contribution in [3.8, 4) is 0 Å². The third-order valence-electron chi connectivity index (χ3n) is 3.84. The Hall–Kier alpha value is -3.10. The van der Waals surface area contributed by atoms with Crippen LogP contribution in [0.2, 0.25) is 0 Å². The molecule has 7 nitrogen and oxygen atoms in total. The van der Waals surface area contributed by atoms with E-state index in [1.165, 1.54) is 42.1 Å². The molecule has 0 radical (unpaired) electrons. The largest absolute Gasteiger partial charge is 0.322 e. The summed E-state index contributed by atoms with van der Waals surface area (Å²) < 4.78 is 26.8. The van der Waals surface area contributed by atoms with Crippen LogP contribution in [0.15, 0.2) is 78.1 Å². The Morgan fingerprint density at radius 1 is 1.07 bits per heavy atom. The van der Waals surface area contributed by atoms with Crippen LogP contribution in [0.3, 0.4) is 0 Å². The lowest BCUT2D eigenvalue weighted by Gasteiger charge is -2.17. The number of carbonyl (C=O) groups excluding carboxylic acids is 1. The van der Waals surface area contributed by atoms with Crippen molar-refractivity contribution in [2.24, 2.45) is 0 Å². The Morgan fingerprint density at radius 2 is 1.85 bits per heavy atom. The van der Waals surface area contributed by atoms with Crippen LogP contribution in [0.1, 0.15) is 16.1 Å². The molecular formula is C19H18N4O3S. The summed E-state index contributed by atoms with van der Waals surface area (Å²) in [6.07, 6.45) is 4.53. The molecule has 138 valence electrons. The molecule has 0 aliphatic heterocycles. The summed E-state index contributed by atoms with van der Waals surface area (Å²) in [7, 11) is -2.32. The van der Waals surface area contributed by atoms with Gasteiger partial charge in [-0.3, -0.25) is 14.8 Å². The molecule has 1 N–H and O–H groups in total. The second-order valence-electron chi connectivity index (χ2n) is 5.81. The molecule has 0 spiro atoms. The number of anilines is 1. The molecule has 1 heterocycles. The normalized spacial score (nSPS) is 11.3. The number of rotatable bonds is 6. The van der Waals surface area contributed by atoms with Gasteiger partial charge in [0.15, 0.2) is 0 Å². The molecule has 1 aromatic heterocycles. The van der Waals surface area contributed by atoms with E-state index in [-0.39, 0.29) is 22.9 Å². The van der Waals surface area contributed by atoms with Gasteiger partial charge in [0.25, 0.3) is 5.91 Å².